The lowest BCUT2D eigenvalue weighted by atomic mass is 10.1. The maximum atomic E-state index is 14.0. The van der Waals surface area contributed by atoms with Crippen LogP contribution in [0.25, 0.3) is 11.3 Å². The van der Waals surface area contributed by atoms with Gasteiger partial charge in [-0.15, -0.1) is 0 Å². The molecule has 1 fully saturated rings. The highest BCUT2D eigenvalue weighted by Crippen LogP contribution is 2.40. The third kappa shape index (κ3) is 3.48. The van der Waals surface area contributed by atoms with Gasteiger partial charge in [0, 0.05) is 49.9 Å². The first-order valence-corrected chi connectivity index (χ1v) is 9.98. The van der Waals surface area contributed by atoms with Crippen LogP contribution in [-0.4, -0.2) is 53.4 Å². The molecule has 2 aliphatic heterocycles. The summed E-state index contributed by atoms with van der Waals surface area (Å²) in [6.07, 6.45) is 6.91. The predicted octanol–water partition coefficient (Wildman–Crippen LogP) is 3.36. The first kappa shape index (κ1) is 19.1. The molecule has 1 saturated heterocycles. The highest BCUT2D eigenvalue weighted by molar-refractivity contribution is 6.04. The highest BCUT2D eigenvalue weighted by Gasteiger charge is 2.40. The summed E-state index contributed by atoms with van der Waals surface area (Å²) in [5.74, 6) is 0.622. The first-order valence-electron chi connectivity index (χ1n) is 9.98. The van der Waals surface area contributed by atoms with E-state index in [0.29, 0.717) is 22.9 Å². The van der Waals surface area contributed by atoms with Gasteiger partial charge in [-0.1, -0.05) is 0 Å². The third-order valence-electron chi connectivity index (χ3n) is 5.53. The molecule has 0 aliphatic carbocycles. The number of carbonyl (C=O) groups is 1. The Morgan fingerprint density at radius 3 is 3.00 bits per heavy atom. The van der Waals surface area contributed by atoms with E-state index < -0.39 is 0 Å². The average Bonchev–Trinajstić information content (AvgIpc) is 3.20. The zero-order valence-electron chi connectivity index (χ0n) is 16.9. The smallest absolute Gasteiger partial charge is 0.329 e. The van der Waals surface area contributed by atoms with Gasteiger partial charge in [0.1, 0.15) is 5.82 Å². The number of carbonyl (C=O) groups excluding carboxylic acids is 1. The van der Waals surface area contributed by atoms with E-state index >= 15 is 0 Å². The Morgan fingerprint density at radius 1 is 1.29 bits per heavy atom. The molecular formula is C22H20FN7O. The van der Waals surface area contributed by atoms with Gasteiger partial charge in [0.05, 0.1) is 23.6 Å². The minimum Gasteiger partial charge on any atom is -0.366 e. The second-order valence-corrected chi connectivity index (χ2v) is 7.44. The summed E-state index contributed by atoms with van der Waals surface area (Å²) >= 11 is 0. The van der Waals surface area contributed by atoms with Crippen LogP contribution < -0.4 is 15.1 Å². The van der Waals surface area contributed by atoms with Crippen LogP contribution in [-0.2, 0) is 0 Å². The van der Waals surface area contributed by atoms with Gasteiger partial charge in [-0.25, -0.2) is 19.2 Å². The minimum atomic E-state index is -0.346. The second kappa shape index (κ2) is 7.75. The van der Waals surface area contributed by atoms with Crippen molar-refractivity contribution in [1.29, 1.82) is 0 Å². The molecule has 0 spiro atoms. The number of hydrogen-bond acceptors (Lipinski definition) is 6. The first-order chi connectivity index (χ1) is 15.1. The lowest BCUT2D eigenvalue weighted by Gasteiger charge is -2.35. The van der Waals surface area contributed by atoms with Crippen molar-refractivity contribution in [3.05, 3.63) is 60.3 Å². The van der Waals surface area contributed by atoms with Crippen molar-refractivity contribution in [3.8, 4) is 11.3 Å². The van der Waals surface area contributed by atoms with Gasteiger partial charge in [0.15, 0.2) is 11.6 Å². The lowest BCUT2D eigenvalue weighted by Crippen LogP contribution is -2.48. The minimum absolute atomic E-state index is 0.0166. The summed E-state index contributed by atoms with van der Waals surface area (Å²) in [4.78, 5) is 34.0. The van der Waals surface area contributed by atoms with E-state index in [0.717, 1.165) is 30.8 Å². The summed E-state index contributed by atoms with van der Waals surface area (Å²) < 4.78 is 14.0. The number of pyridine rings is 1. The summed E-state index contributed by atoms with van der Waals surface area (Å²) in [5.41, 5.74) is 2.70. The van der Waals surface area contributed by atoms with E-state index in [9.17, 15) is 9.18 Å². The van der Waals surface area contributed by atoms with Crippen molar-refractivity contribution in [2.24, 2.45) is 4.99 Å². The van der Waals surface area contributed by atoms with Crippen molar-refractivity contribution in [2.45, 2.75) is 12.5 Å². The van der Waals surface area contributed by atoms with Gasteiger partial charge in [-0.05, 0) is 36.8 Å². The summed E-state index contributed by atoms with van der Waals surface area (Å²) in [6.45, 7) is 1.62. The normalized spacial score (nSPS) is 17.2. The van der Waals surface area contributed by atoms with Crippen LogP contribution in [0.1, 0.15) is 12.0 Å². The zero-order valence-corrected chi connectivity index (χ0v) is 16.9. The van der Waals surface area contributed by atoms with E-state index in [-0.39, 0.29) is 17.9 Å². The van der Waals surface area contributed by atoms with Gasteiger partial charge in [0.25, 0.3) is 0 Å². The molecule has 156 valence electrons. The molecule has 9 heteroatoms. The van der Waals surface area contributed by atoms with Crippen LogP contribution >= 0.6 is 0 Å². The number of hydrogen-bond donors (Lipinski definition) is 1. The topological polar surface area (TPSA) is 86.6 Å². The molecule has 2 bridgehead atoms. The van der Waals surface area contributed by atoms with Crippen molar-refractivity contribution in [2.75, 3.05) is 35.3 Å². The molecule has 1 N–H and O–H groups in total. The van der Waals surface area contributed by atoms with Gasteiger partial charge in [-0.2, -0.15) is 0 Å². The van der Waals surface area contributed by atoms with Crippen LogP contribution in [0.3, 0.4) is 0 Å². The maximum Gasteiger partial charge on any atom is 0.329 e. The number of amides is 2. The molecule has 5 rings (SSSR count). The van der Waals surface area contributed by atoms with Crippen LogP contribution in [0.15, 0.2) is 53.9 Å². The number of aliphatic imine (C=N–C) groups is 1. The van der Waals surface area contributed by atoms with Crippen LogP contribution in [0.5, 0.6) is 0 Å². The van der Waals surface area contributed by atoms with E-state index in [1.54, 1.807) is 30.3 Å². The summed E-state index contributed by atoms with van der Waals surface area (Å²) in [5, 5.41) is 2.82. The highest BCUT2D eigenvalue weighted by atomic mass is 19.1. The Bertz CT molecular complexity index is 1170. The lowest BCUT2D eigenvalue weighted by molar-refractivity contribution is 0.254. The van der Waals surface area contributed by atoms with Crippen molar-refractivity contribution >= 4 is 29.6 Å². The molecule has 2 aliphatic rings. The largest absolute Gasteiger partial charge is 0.366 e. The van der Waals surface area contributed by atoms with Crippen LogP contribution in [0.4, 0.5) is 26.5 Å². The average molecular weight is 417 g/mol. The fraction of sp³-hybridized carbons (Fsp3) is 0.227. The van der Waals surface area contributed by atoms with Gasteiger partial charge < -0.3 is 4.90 Å². The fourth-order valence-corrected chi connectivity index (χ4v) is 4.11. The maximum absolute atomic E-state index is 14.0. The van der Waals surface area contributed by atoms with E-state index in [2.05, 4.69) is 25.2 Å². The van der Waals surface area contributed by atoms with Gasteiger partial charge >= 0.3 is 6.03 Å². The van der Waals surface area contributed by atoms with E-state index in [1.807, 2.05) is 12.1 Å². The number of anilines is 3. The molecule has 31 heavy (non-hydrogen) atoms. The number of fused-ring (bicyclic) bond motifs is 4. The second-order valence-electron chi connectivity index (χ2n) is 7.44. The molecule has 1 atom stereocenters. The van der Waals surface area contributed by atoms with Crippen LogP contribution in [0, 0.1) is 5.82 Å². The number of rotatable bonds is 3. The molecule has 1 aromatic carbocycles. The Kier molecular flexibility index (Phi) is 4.78. The molecular weight excluding hydrogens is 397 g/mol. The molecule has 0 saturated carbocycles. The van der Waals surface area contributed by atoms with E-state index in [4.69, 9.17) is 4.98 Å². The zero-order chi connectivity index (χ0) is 21.4. The molecule has 3 aromatic rings. The van der Waals surface area contributed by atoms with Gasteiger partial charge in [0.2, 0.25) is 0 Å². The molecule has 0 unspecified atom stereocenters. The quantitative estimate of drug-likeness (QED) is 0.661. The third-order valence-corrected chi connectivity index (χ3v) is 5.53. The van der Waals surface area contributed by atoms with E-state index in [1.165, 1.54) is 24.7 Å². The van der Waals surface area contributed by atoms with Crippen molar-refractivity contribution in [1.82, 2.24) is 15.0 Å². The molecule has 2 amide bonds. The standard InChI is InChI=1S/C22H20FN7O/c1-24-11-15-10-14(2-3-17(15)23)18-4-5-19-21(27-18)30(16-6-9-29(19)13-16)22(31)28-20-12-25-7-8-26-20/h2-5,7-8,10-12,16H,6,9,13H2,1H3,(H,26,28,31)/t16-/m0/s1. The number of halogens is 1. The van der Waals surface area contributed by atoms with Crippen molar-refractivity contribution < 1.29 is 9.18 Å². The molecule has 2 aromatic heterocycles. The molecule has 0 radical (unpaired) electrons. The Labute approximate surface area is 178 Å². The van der Waals surface area contributed by atoms with Crippen LogP contribution in [0.2, 0.25) is 0 Å². The summed E-state index contributed by atoms with van der Waals surface area (Å²) in [7, 11) is 1.60. The van der Waals surface area contributed by atoms with Crippen molar-refractivity contribution in [3.63, 3.8) is 0 Å². The fourth-order valence-electron chi connectivity index (χ4n) is 4.11. The Morgan fingerprint density at radius 2 is 2.19 bits per heavy atom. The predicted molar refractivity (Wildman–Crippen MR) is 117 cm³/mol. The Balaban J connectivity index is 1.54. The molecule has 8 nitrogen and oxygen atoms in total. The summed E-state index contributed by atoms with van der Waals surface area (Å²) in [6, 6.07) is 8.38. The number of nitrogens with zero attached hydrogens (tertiary/aromatic N) is 6. The Hall–Kier alpha value is -3.88. The number of benzene rings is 1. The number of aromatic nitrogens is 3. The number of nitrogens with one attached hydrogen (secondary N) is 1. The van der Waals surface area contributed by atoms with Gasteiger partial charge in [-0.3, -0.25) is 20.2 Å². The number of urea groups is 1. The molecule has 4 heterocycles. The SMILES string of the molecule is CN=Cc1cc(-c2ccc3c(n2)N(C(=O)Nc2cnccn2)[C@H]2CCN3C2)ccc1F. The monoisotopic (exact) mass is 417 g/mol.